The third-order valence-electron chi connectivity index (χ3n) is 4.40. The molecule has 0 radical (unpaired) electrons. The van der Waals surface area contributed by atoms with Crippen molar-refractivity contribution in [1.29, 1.82) is 0 Å². The molecule has 0 aliphatic carbocycles. The molecule has 0 amide bonds. The van der Waals surface area contributed by atoms with E-state index in [0.717, 1.165) is 32.6 Å². The summed E-state index contributed by atoms with van der Waals surface area (Å²) in [6.45, 7) is 0. The van der Waals surface area contributed by atoms with Gasteiger partial charge in [0.25, 0.3) is 5.56 Å². The van der Waals surface area contributed by atoms with Crippen LogP contribution in [0.15, 0.2) is 65.5 Å². The standard InChI is InChI=1S/C19H10ClNO/c20-11-8-9-15-16(10-11)14-6-3-5-13-12-4-1-2-7-17(12)21(18(13)14)19(15)22/h1-10H. The smallest absolute Gasteiger partial charge is 0.263 e. The molecule has 0 saturated heterocycles. The van der Waals surface area contributed by atoms with Crippen molar-refractivity contribution in [2.75, 3.05) is 0 Å². The molecule has 3 aromatic carbocycles. The molecule has 0 saturated carbocycles. The molecule has 5 aromatic rings. The summed E-state index contributed by atoms with van der Waals surface area (Å²) < 4.78 is 1.83. The lowest BCUT2D eigenvalue weighted by molar-refractivity contribution is 1.21. The highest BCUT2D eigenvalue weighted by Gasteiger charge is 2.16. The van der Waals surface area contributed by atoms with E-state index in [1.807, 2.05) is 40.8 Å². The second-order valence-electron chi connectivity index (χ2n) is 5.55. The van der Waals surface area contributed by atoms with Crippen LogP contribution in [-0.2, 0) is 0 Å². The molecule has 0 unspecified atom stereocenters. The number of hydrogen-bond acceptors (Lipinski definition) is 1. The molecule has 104 valence electrons. The Kier molecular flexibility index (Phi) is 2.18. The van der Waals surface area contributed by atoms with Crippen molar-refractivity contribution in [2.45, 2.75) is 0 Å². The van der Waals surface area contributed by atoms with Crippen LogP contribution in [0, 0.1) is 0 Å². The molecule has 0 atom stereocenters. The summed E-state index contributed by atoms with van der Waals surface area (Å²) in [6.07, 6.45) is 0. The van der Waals surface area contributed by atoms with Gasteiger partial charge in [0.15, 0.2) is 0 Å². The van der Waals surface area contributed by atoms with Crippen molar-refractivity contribution in [1.82, 2.24) is 4.40 Å². The van der Waals surface area contributed by atoms with Crippen molar-refractivity contribution >= 4 is 49.6 Å². The lowest BCUT2D eigenvalue weighted by atomic mass is 10.0. The summed E-state index contributed by atoms with van der Waals surface area (Å²) in [6, 6.07) is 19.7. The molecule has 0 bridgehead atoms. The Morgan fingerprint density at radius 1 is 0.727 bits per heavy atom. The quantitative estimate of drug-likeness (QED) is 0.375. The number of halogens is 1. The summed E-state index contributed by atoms with van der Waals surface area (Å²) in [4.78, 5) is 13.0. The highest BCUT2D eigenvalue weighted by atomic mass is 35.5. The van der Waals surface area contributed by atoms with Gasteiger partial charge in [-0.1, -0.05) is 48.0 Å². The van der Waals surface area contributed by atoms with E-state index in [2.05, 4.69) is 18.2 Å². The van der Waals surface area contributed by atoms with Crippen molar-refractivity contribution in [2.24, 2.45) is 0 Å². The number of para-hydroxylation sites is 2. The zero-order valence-electron chi connectivity index (χ0n) is 11.5. The minimum Gasteiger partial charge on any atom is -0.275 e. The summed E-state index contributed by atoms with van der Waals surface area (Å²) >= 11 is 6.15. The van der Waals surface area contributed by atoms with Crippen molar-refractivity contribution in [3.05, 3.63) is 76.0 Å². The van der Waals surface area contributed by atoms with Crippen LogP contribution in [0.2, 0.25) is 5.02 Å². The van der Waals surface area contributed by atoms with Gasteiger partial charge in [-0.15, -0.1) is 0 Å². The lowest BCUT2D eigenvalue weighted by Crippen LogP contribution is -2.12. The minimum absolute atomic E-state index is 0.0107. The number of nitrogens with zero attached hydrogens (tertiary/aromatic N) is 1. The summed E-state index contributed by atoms with van der Waals surface area (Å²) in [7, 11) is 0. The maximum absolute atomic E-state index is 13.0. The van der Waals surface area contributed by atoms with Gasteiger partial charge >= 0.3 is 0 Å². The highest BCUT2D eigenvalue weighted by molar-refractivity contribution is 6.32. The van der Waals surface area contributed by atoms with Gasteiger partial charge in [0.2, 0.25) is 0 Å². The predicted molar refractivity (Wildman–Crippen MR) is 92.4 cm³/mol. The zero-order valence-corrected chi connectivity index (χ0v) is 12.3. The van der Waals surface area contributed by atoms with Gasteiger partial charge in [-0.3, -0.25) is 9.20 Å². The Morgan fingerprint density at radius 2 is 1.45 bits per heavy atom. The molecule has 5 rings (SSSR count). The monoisotopic (exact) mass is 303 g/mol. The average molecular weight is 304 g/mol. The van der Waals surface area contributed by atoms with Crippen LogP contribution in [0.25, 0.3) is 38.0 Å². The van der Waals surface area contributed by atoms with Crippen LogP contribution >= 0.6 is 11.6 Å². The maximum atomic E-state index is 13.0. The Bertz CT molecular complexity index is 1250. The van der Waals surface area contributed by atoms with E-state index in [9.17, 15) is 4.79 Å². The first-order chi connectivity index (χ1) is 10.8. The number of benzene rings is 3. The molecule has 0 aliphatic rings. The first-order valence-electron chi connectivity index (χ1n) is 7.12. The van der Waals surface area contributed by atoms with Crippen LogP contribution < -0.4 is 5.56 Å². The van der Waals surface area contributed by atoms with E-state index in [-0.39, 0.29) is 5.56 Å². The molecule has 0 aliphatic heterocycles. The van der Waals surface area contributed by atoms with Crippen molar-refractivity contribution in [3.63, 3.8) is 0 Å². The van der Waals surface area contributed by atoms with Crippen molar-refractivity contribution in [3.8, 4) is 0 Å². The number of fused-ring (bicyclic) bond motifs is 5. The van der Waals surface area contributed by atoms with E-state index < -0.39 is 0 Å². The predicted octanol–water partition coefficient (Wildman–Crippen LogP) is 4.85. The van der Waals surface area contributed by atoms with Crippen molar-refractivity contribution < 1.29 is 0 Å². The second-order valence-corrected chi connectivity index (χ2v) is 5.99. The third kappa shape index (κ3) is 1.33. The van der Waals surface area contributed by atoms with E-state index >= 15 is 0 Å². The second kappa shape index (κ2) is 3.99. The average Bonchev–Trinajstić information content (AvgIpc) is 2.88. The zero-order chi connectivity index (χ0) is 14.8. The number of pyridine rings is 1. The topological polar surface area (TPSA) is 21.5 Å². The molecular weight excluding hydrogens is 294 g/mol. The van der Waals surface area contributed by atoms with Crippen LogP contribution in [0.3, 0.4) is 0 Å². The van der Waals surface area contributed by atoms with Gasteiger partial charge in [0.05, 0.1) is 11.0 Å². The molecule has 22 heavy (non-hydrogen) atoms. The molecule has 0 N–H and O–H groups in total. The minimum atomic E-state index is 0.0107. The summed E-state index contributed by atoms with van der Waals surface area (Å²) in [5.41, 5.74) is 1.94. The van der Waals surface area contributed by atoms with E-state index in [4.69, 9.17) is 11.6 Å². The fourth-order valence-corrected chi connectivity index (χ4v) is 3.67. The Balaban J connectivity index is 2.29. The fraction of sp³-hybridized carbons (Fsp3) is 0. The maximum Gasteiger partial charge on any atom is 0.263 e. The molecule has 2 nitrogen and oxygen atoms in total. The summed E-state index contributed by atoms with van der Waals surface area (Å²) in [5.74, 6) is 0. The van der Waals surface area contributed by atoms with E-state index in [1.165, 1.54) is 0 Å². The lowest BCUT2D eigenvalue weighted by Gasteiger charge is -2.06. The number of rotatable bonds is 0. The first kappa shape index (κ1) is 12.0. The largest absolute Gasteiger partial charge is 0.275 e. The van der Waals surface area contributed by atoms with Crippen LogP contribution in [-0.4, -0.2) is 4.40 Å². The molecule has 3 heteroatoms. The molecule has 0 spiro atoms. The molecule has 0 fully saturated rings. The van der Waals surface area contributed by atoms with Gasteiger partial charge in [-0.2, -0.15) is 0 Å². The van der Waals surface area contributed by atoms with Gasteiger partial charge < -0.3 is 0 Å². The normalized spacial score (nSPS) is 12.0. The number of hydrogen-bond donors (Lipinski definition) is 0. The third-order valence-corrected chi connectivity index (χ3v) is 4.64. The summed E-state index contributed by atoms with van der Waals surface area (Å²) in [5, 5.41) is 5.53. The Labute approximate surface area is 130 Å². The van der Waals surface area contributed by atoms with Gasteiger partial charge in [-0.25, -0.2) is 0 Å². The van der Waals surface area contributed by atoms with Gasteiger partial charge in [-0.05, 0) is 29.7 Å². The van der Waals surface area contributed by atoms with Crippen LogP contribution in [0.4, 0.5) is 0 Å². The molecule has 2 heterocycles. The van der Waals surface area contributed by atoms with E-state index in [1.54, 1.807) is 6.07 Å². The van der Waals surface area contributed by atoms with Crippen LogP contribution in [0.5, 0.6) is 0 Å². The van der Waals surface area contributed by atoms with Gasteiger partial charge in [0, 0.05) is 26.6 Å². The Morgan fingerprint density at radius 3 is 2.32 bits per heavy atom. The Hall–Kier alpha value is -2.58. The number of aromatic nitrogens is 1. The van der Waals surface area contributed by atoms with Crippen LogP contribution in [0.1, 0.15) is 0 Å². The first-order valence-corrected chi connectivity index (χ1v) is 7.50. The molecular formula is C19H10ClNO. The molecule has 2 aromatic heterocycles. The van der Waals surface area contributed by atoms with Gasteiger partial charge in [0.1, 0.15) is 0 Å². The fourth-order valence-electron chi connectivity index (χ4n) is 3.49. The van der Waals surface area contributed by atoms with E-state index in [0.29, 0.717) is 10.4 Å². The SMILES string of the molecule is O=c1c2ccc(Cl)cc2c2cccc3c4ccccc4n1c23. The highest BCUT2D eigenvalue weighted by Crippen LogP contribution is 2.34.